The summed E-state index contributed by atoms with van der Waals surface area (Å²) in [7, 11) is 0. The molecule has 0 unspecified atom stereocenters. The van der Waals surface area contributed by atoms with E-state index in [2.05, 4.69) is 22.4 Å². The lowest BCUT2D eigenvalue weighted by atomic mass is 10.00. The number of hydrogen-bond acceptors (Lipinski definition) is 3. The summed E-state index contributed by atoms with van der Waals surface area (Å²) in [6, 6.07) is 15.6. The molecule has 126 valence electrons. The van der Waals surface area contributed by atoms with Gasteiger partial charge in [-0.1, -0.05) is 47.1 Å². The minimum absolute atomic E-state index is 0.0831. The smallest absolute Gasteiger partial charge is 0.276 e. The van der Waals surface area contributed by atoms with Gasteiger partial charge in [-0.3, -0.25) is 4.79 Å². The summed E-state index contributed by atoms with van der Waals surface area (Å²) in [6.07, 6.45) is 0.864. The van der Waals surface area contributed by atoms with E-state index in [0.29, 0.717) is 29.5 Å². The molecule has 4 rings (SSSR count). The second kappa shape index (κ2) is 6.33. The van der Waals surface area contributed by atoms with Crippen LogP contribution >= 0.6 is 11.6 Å². The lowest BCUT2D eigenvalue weighted by Gasteiger charge is -2.28. The predicted molar refractivity (Wildman–Crippen MR) is 96.0 cm³/mol. The minimum atomic E-state index is -0.0831. The minimum Gasteiger partial charge on any atom is -0.333 e. The van der Waals surface area contributed by atoms with Crippen LogP contribution in [0, 0.1) is 6.92 Å². The summed E-state index contributed by atoms with van der Waals surface area (Å²) in [5.41, 5.74) is 4.40. The van der Waals surface area contributed by atoms with Crippen LogP contribution < -0.4 is 0 Å². The van der Waals surface area contributed by atoms with Gasteiger partial charge in [0.05, 0.1) is 11.4 Å². The maximum Gasteiger partial charge on any atom is 0.276 e. The highest BCUT2D eigenvalue weighted by Gasteiger charge is 2.26. The second-order valence-corrected chi connectivity index (χ2v) is 6.60. The van der Waals surface area contributed by atoms with E-state index in [1.54, 1.807) is 16.8 Å². The fourth-order valence-corrected chi connectivity index (χ4v) is 3.38. The quantitative estimate of drug-likeness (QED) is 0.710. The molecule has 0 radical (unpaired) electrons. The third-order valence-corrected chi connectivity index (χ3v) is 4.80. The van der Waals surface area contributed by atoms with Crippen molar-refractivity contribution in [2.75, 3.05) is 6.54 Å². The standard InChI is InChI=1S/C19H17ClN4O/c1-13-18(21-22-24(13)17-8-4-7-16(20)11-17)19(25)23-10-9-14-5-2-3-6-15(14)12-23/h2-8,11H,9-10,12H2,1H3. The predicted octanol–water partition coefficient (Wildman–Crippen LogP) is 3.43. The normalized spacial score (nSPS) is 13.6. The molecule has 0 atom stereocenters. The number of halogens is 1. The fourth-order valence-electron chi connectivity index (χ4n) is 3.20. The van der Waals surface area contributed by atoms with E-state index in [4.69, 9.17) is 11.6 Å². The van der Waals surface area contributed by atoms with Crippen molar-refractivity contribution in [2.24, 2.45) is 0 Å². The molecule has 0 saturated carbocycles. The molecule has 2 heterocycles. The van der Waals surface area contributed by atoms with E-state index >= 15 is 0 Å². The first kappa shape index (κ1) is 15.8. The number of aromatic nitrogens is 3. The lowest BCUT2D eigenvalue weighted by molar-refractivity contribution is 0.0728. The van der Waals surface area contributed by atoms with Crippen LogP contribution in [-0.2, 0) is 13.0 Å². The van der Waals surface area contributed by atoms with Gasteiger partial charge in [0.15, 0.2) is 5.69 Å². The molecule has 1 aliphatic rings. The van der Waals surface area contributed by atoms with E-state index in [0.717, 1.165) is 12.1 Å². The first-order valence-corrected chi connectivity index (χ1v) is 8.55. The van der Waals surface area contributed by atoms with E-state index in [1.165, 1.54) is 11.1 Å². The van der Waals surface area contributed by atoms with Crippen molar-refractivity contribution in [3.8, 4) is 5.69 Å². The Balaban J connectivity index is 1.62. The lowest BCUT2D eigenvalue weighted by Crippen LogP contribution is -2.36. The molecule has 3 aromatic rings. The highest BCUT2D eigenvalue weighted by Crippen LogP contribution is 2.22. The number of rotatable bonds is 2. The summed E-state index contributed by atoms with van der Waals surface area (Å²) in [5.74, 6) is -0.0831. The van der Waals surface area contributed by atoms with E-state index in [9.17, 15) is 4.79 Å². The van der Waals surface area contributed by atoms with Crippen molar-refractivity contribution in [2.45, 2.75) is 19.9 Å². The van der Waals surface area contributed by atoms with Gasteiger partial charge in [-0.25, -0.2) is 4.68 Å². The Hall–Kier alpha value is -2.66. The molecular weight excluding hydrogens is 336 g/mol. The van der Waals surface area contributed by atoms with E-state index in [-0.39, 0.29) is 5.91 Å². The van der Waals surface area contributed by atoms with Crippen molar-refractivity contribution in [1.29, 1.82) is 0 Å². The van der Waals surface area contributed by atoms with Crippen LogP contribution in [0.4, 0.5) is 0 Å². The van der Waals surface area contributed by atoms with Crippen molar-refractivity contribution < 1.29 is 4.79 Å². The number of hydrogen-bond donors (Lipinski definition) is 0. The van der Waals surface area contributed by atoms with Gasteiger partial charge in [0.1, 0.15) is 0 Å². The van der Waals surface area contributed by atoms with Crippen LogP contribution in [0.1, 0.15) is 27.3 Å². The number of amides is 1. The van der Waals surface area contributed by atoms with Crippen molar-refractivity contribution in [3.63, 3.8) is 0 Å². The highest BCUT2D eigenvalue weighted by molar-refractivity contribution is 6.30. The van der Waals surface area contributed by atoms with Crippen LogP contribution in [0.5, 0.6) is 0 Å². The average Bonchev–Trinajstić information content (AvgIpc) is 3.02. The molecule has 6 heteroatoms. The Morgan fingerprint density at radius 3 is 2.72 bits per heavy atom. The summed E-state index contributed by atoms with van der Waals surface area (Å²) < 4.78 is 1.65. The largest absolute Gasteiger partial charge is 0.333 e. The molecule has 1 aromatic heterocycles. The molecule has 1 amide bonds. The average molecular weight is 353 g/mol. The summed E-state index contributed by atoms with van der Waals surface area (Å²) in [5, 5.41) is 8.90. The first-order valence-electron chi connectivity index (χ1n) is 8.18. The van der Waals surface area contributed by atoms with Crippen molar-refractivity contribution in [3.05, 3.63) is 76.1 Å². The first-order chi connectivity index (χ1) is 12.1. The topological polar surface area (TPSA) is 51.0 Å². The van der Waals surface area contributed by atoms with Crippen LogP contribution in [0.25, 0.3) is 5.69 Å². The number of nitrogens with zero attached hydrogens (tertiary/aromatic N) is 4. The van der Waals surface area contributed by atoms with Gasteiger partial charge in [-0.05, 0) is 42.7 Å². The fraction of sp³-hybridized carbons (Fsp3) is 0.211. The number of fused-ring (bicyclic) bond motifs is 1. The van der Waals surface area contributed by atoms with Gasteiger partial charge in [-0.15, -0.1) is 5.10 Å². The Morgan fingerprint density at radius 2 is 1.92 bits per heavy atom. The van der Waals surface area contributed by atoms with Gasteiger partial charge in [-0.2, -0.15) is 0 Å². The SMILES string of the molecule is Cc1c(C(=O)N2CCc3ccccc3C2)nnn1-c1cccc(Cl)c1. The van der Waals surface area contributed by atoms with Gasteiger partial charge >= 0.3 is 0 Å². The van der Waals surface area contributed by atoms with E-state index in [1.807, 2.05) is 36.1 Å². The molecule has 0 bridgehead atoms. The van der Waals surface area contributed by atoms with Crippen LogP contribution in [0.3, 0.4) is 0 Å². The zero-order valence-corrected chi connectivity index (χ0v) is 14.6. The van der Waals surface area contributed by atoms with E-state index < -0.39 is 0 Å². The zero-order chi connectivity index (χ0) is 17.4. The molecule has 5 nitrogen and oxygen atoms in total. The third kappa shape index (κ3) is 2.91. The molecule has 1 aliphatic heterocycles. The molecule has 25 heavy (non-hydrogen) atoms. The van der Waals surface area contributed by atoms with Crippen LogP contribution in [0.2, 0.25) is 5.02 Å². The number of carbonyl (C=O) groups is 1. The third-order valence-electron chi connectivity index (χ3n) is 4.57. The molecule has 2 aromatic carbocycles. The Kier molecular flexibility index (Phi) is 4.01. The van der Waals surface area contributed by atoms with Gasteiger partial charge < -0.3 is 4.90 Å². The Morgan fingerprint density at radius 1 is 1.12 bits per heavy atom. The van der Waals surface area contributed by atoms with Crippen molar-refractivity contribution in [1.82, 2.24) is 19.9 Å². The molecule has 0 aliphatic carbocycles. The molecular formula is C19H17ClN4O. The number of carbonyl (C=O) groups excluding carboxylic acids is 1. The number of benzene rings is 2. The highest BCUT2D eigenvalue weighted by atomic mass is 35.5. The van der Waals surface area contributed by atoms with Crippen LogP contribution in [0.15, 0.2) is 48.5 Å². The summed E-state index contributed by atoms with van der Waals surface area (Å²) in [6.45, 7) is 3.16. The zero-order valence-electron chi connectivity index (χ0n) is 13.8. The molecule has 0 N–H and O–H groups in total. The molecule has 0 spiro atoms. The van der Waals surface area contributed by atoms with Crippen molar-refractivity contribution >= 4 is 17.5 Å². The molecule has 0 fully saturated rings. The van der Waals surface area contributed by atoms with Gasteiger partial charge in [0.2, 0.25) is 0 Å². The monoisotopic (exact) mass is 352 g/mol. The summed E-state index contributed by atoms with van der Waals surface area (Å²) in [4.78, 5) is 14.8. The second-order valence-electron chi connectivity index (χ2n) is 6.16. The Bertz CT molecular complexity index is 950. The summed E-state index contributed by atoms with van der Waals surface area (Å²) >= 11 is 6.05. The maximum atomic E-state index is 12.9. The molecule has 0 saturated heterocycles. The van der Waals surface area contributed by atoms with Gasteiger partial charge in [0.25, 0.3) is 5.91 Å². The maximum absolute atomic E-state index is 12.9. The van der Waals surface area contributed by atoms with Crippen LogP contribution in [-0.4, -0.2) is 32.3 Å². The Labute approximate surface area is 150 Å². The van der Waals surface area contributed by atoms with Gasteiger partial charge in [0, 0.05) is 18.1 Å².